The highest BCUT2D eigenvalue weighted by Crippen LogP contribution is 2.36. The smallest absolute Gasteiger partial charge is 0.423 e. The van der Waals surface area contributed by atoms with Gasteiger partial charge >= 0.3 is 6.18 Å². The molecule has 1 N–H and O–H groups in total. The number of nitrogens with zero attached hydrogens (tertiary/aromatic N) is 8. The number of aromatic amines is 1. The molecular formula is C25H24F3N9O3. The topological polar surface area (TPSA) is 144 Å². The average Bonchev–Trinajstić information content (AvgIpc) is 3.44. The van der Waals surface area contributed by atoms with Crippen LogP contribution >= 0.6 is 0 Å². The number of pyridine rings is 1. The van der Waals surface area contributed by atoms with E-state index in [1.165, 1.54) is 23.4 Å². The maximum Gasteiger partial charge on any atom is 0.423 e. The predicted molar refractivity (Wildman–Crippen MR) is 135 cm³/mol. The van der Waals surface area contributed by atoms with Crippen molar-refractivity contribution in [3.05, 3.63) is 64.1 Å². The molecule has 12 nitrogen and oxygen atoms in total. The SMILES string of the molecule is N#Cc1ccc(N2CCN(C(=O)c3nccc(OCC4CCCN4c4cn[nH]c(=O)c4C(F)(F)F)n3)CC2)nc1. The Labute approximate surface area is 226 Å². The molecule has 3 aromatic heterocycles. The number of ether oxygens (including phenoxy) is 1. The third-order valence-corrected chi connectivity index (χ3v) is 6.82. The van der Waals surface area contributed by atoms with Crippen molar-refractivity contribution in [2.24, 2.45) is 0 Å². The molecule has 5 rings (SSSR count). The Morgan fingerprint density at radius 3 is 2.62 bits per heavy atom. The minimum atomic E-state index is -4.84. The normalized spacial score (nSPS) is 17.6. The Bertz CT molecular complexity index is 1470. The highest BCUT2D eigenvalue weighted by atomic mass is 19.4. The van der Waals surface area contributed by atoms with E-state index in [1.54, 1.807) is 17.0 Å². The van der Waals surface area contributed by atoms with Gasteiger partial charge in [0.05, 0.1) is 23.5 Å². The molecule has 0 radical (unpaired) electrons. The molecule has 0 spiro atoms. The van der Waals surface area contributed by atoms with Crippen LogP contribution in [-0.2, 0) is 6.18 Å². The first-order valence-corrected chi connectivity index (χ1v) is 12.5. The quantitative estimate of drug-likeness (QED) is 0.479. The lowest BCUT2D eigenvalue weighted by Gasteiger charge is -2.35. The number of nitrogens with one attached hydrogen (secondary N) is 1. The van der Waals surface area contributed by atoms with Gasteiger partial charge in [0.25, 0.3) is 11.5 Å². The molecule has 1 unspecified atom stereocenters. The minimum Gasteiger partial charge on any atom is -0.475 e. The van der Waals surface area contributed by atoms with Crippen molar-refractivity contribution in [1.29, 1.82) is 5.26 Å². The summed E-state index contributed by atoms with van der Waals surface area (Å²) in [6.45, 7) is 2.20. The molecule has 0 aliphatic carbocycles. The van der Waals surface area contributed by atoms with Crippen LogP contribution < -0.4 is 20.1 Å². The number of hydrogen-bond acceptors (Lipinski definition) is 10. The third kappa shape index (κ3) is 5.65. The molecule has 0 bridgehead atoms. The molecule has 2 fully saturated rings. The summed E-state index contributed by atoms with van der Waals surface area (Å²) >= 11 is 0. The van der Waals surface area contributed by atoms with Crippen LogP contribution in [0.2, 0.25) is 0 Å². The second-order valence-corrected chi connectivity index (χ2v) is 9.27. The van der Waals surface area contributed by atoms with Gasteiger partial charge in [-0.3, -0.25) is 9.59 Å². The Hall–Kier alpha value is -4.74. The molecule has 0 saturated carbocycles. The molecule has 2 saturated heterocycles. The first kappa shape index (κ1) is 26.9. The Balaban J connectivity index is 1.21. The number of aromatic nitrogens is 5. The van der Waals surface area contributed by atoms with Crippen molar-refractivity contribution in [3.8, 4) is 11.9 Å². The van der Waals surface area contributed by atoms with Gasteiger partial charge in [-0.15, -0.1) is 0 Å². The van der Waals surface area contributed by atoms with E-state index in [9.17, 15) is 22.8 Å². The van der Waals surface area contributed by atoms with Crippen molar-refractivity contribution >= 4 is 17.4 Å². The summed E-state index contributed by atoms with van der Waals surface area (Å²) in [5.74, 6) is 0.413. The fourth-order valence-corrected chi connectivity index (χ4v) is 4.83. The van der Waals surface area contributed by atoms with Gasteiger partial charge in [0.2, 0.25) is 11.7 Å². The van der Waals surface area contributed by atoms with E-state index >= 15 is 0 Å². The second-order valence-electron chi connectivity index (χ2n) is 9.27. The third-order valence-electron chi connectivity index (χ3n) is 6.82. The zero-order valence-corrected chi connectivity index (χ0v) is 21.1. The van der Waals surface area contributed by atoms with E-state index in [4.69, 9.17) is 10.00 Å². The maximum absolute atomic E-state index is 13.6. The number of H-pyrrole nitrogens is 1. The summed E-state index contributed by atoms with van der Waals surface area (Å²) in [6.07, 6.45) is 0.200. The van der Waals surface area contributed by atoms with E-state index in [-0.39, 0.29) is 29.9 Å². The highest BCUT2D eigenvalue weighted by molar-refractivity contribution is 5.90. The Kier molecular flexibility index (Phi) is 7.50. The van der Waals surface area contributed by atoms with Crippen molar-refractivity contribution in [1.82, 2.24) is 30.0 Å². The van der Waals surface area contributed by atoms with Gasteiger partial charge < -0.3 is 19.4 Å². The number of nitriles is 1. The van der Waals surface area contributed by atoms with Gasteiger partial charge in [0, 0.05) is 51.2 Å². The summed E-state index contributed by atoms with van der Waals surface area (Å²) in [5, 5.41) is 14.3. The molecule has 1 amide bonds. The van der Waals surface area contributed by atoms with Gasteiger partial charge in [0.15, 0.2) is 0 Å². The van der Waals surface area contributed by atoms with Crippen LogP contribution in [0.5, 0.6) is 5.88 Å². The molecule has 5 heterocycles. The minimum absolute atomic E-state index is 0.00892. The average molecular weight is 556 g/mol. The van der Waals surface area contributed by atoms with Gasteiger partial charge in [-0.2, -0.15) is 28.5 Å². The number of carbonyl (C=O) groups is 1. The molecule has 1 atom stereocenters. The summed E-state index contributed by atoms with van der Waals surface area (Å²) < 4.78 is 46.5. The number of carbonyl (C=O) groups excluding carboxylic acids is 1. The van der Waals surface area contributed by atoms with Crippen LogP contribution in [0.3, 0.4) is 0 Å². The Morgan fingerprint density at radius 1 is 1.12 bits per heavy atom. The van der Waals surface area contributed by atoms with Crippen molar-refractivity contribution < 1.29 is 22.7 Å². The molecule has 2 aliphatic rings. The molecular weight excluding hydrogens is 531 g/mol. The lowest BCUT2D eigenvalue weighted by Crippen LogP contribution is -2.49. The van der Waals surface area contributed by atoms with E-state index in [0.29, 0.717) is 51.1 Å². The molecule has 208 valence electrons. The number of anilines is 2. The standard InChI is InChI=1S/C25H24F3N9O3/c26-25(27,28)21-18(14-32-34-23(21)38)37-7-1-2-17(37)15-40-20-5-6-30-22(33-20)24(39)36-10-8-35(9-11-36)19-4-3-16(12-29)13-31-19/h3-6,13-14,17H,1-2,7-11,15H2,(H,34,38). The summed E-state index contributed by atoms with van der Waals surface area (Å²) in [6, 6.07) is 6.50. The summed E-state index contributed by atoms with van der Waals surface area (Å²) in [5.41, 5.74) is -2.42. The highest BCUT2D eigenvalue weighted by Gasteiger charge is 2.40. The van der Waals surface area contributed by atoms with Crippen LogP contribution in [0.15, 0.2) is 41.6 Å². The van der Waals surface area contributed by atoms with Crippen LogP contribution in [0, 0.1) is 11.3 Å². The van der Waals surface area contributed by atoms with Gasteiger partial charge in [-0.25, -0.2) is 15.1 Å². The number of halogens is 3. The van der Waals surface area contributed by atoms with Gasteiger partial charge in [0.1, 0.15) is 24.1 Å². The summed E-state index contributed by atoms with van der Waals surface area (Å²) in [7, 11) is 0. The maximum atomic E-state index is 13.6. The zero-order chi connectivity index (χ0) is 28.3. The van der Waals surface area contributed by atoms with Crippen LogP contribution in [0.1, 0.15) is 34.6 Å². The van der Waals surface area contributed by atoms with Crippen LogP contribution in [0.4, 0.5) is 24.7 Å². The van der Waals surface area contributed by atoms with Crippen LogP contribution in [0.25, 0.3) is 0 Å². The van der Waals surface area contributed by atoms with Crippen molar-refractivity contribution in [2.75, 3.05) is 49.1 Å². The fourth-order valence-electron chi connectivity index (χ4n) is 4.83. The molecule has 0 aromatic carbocycles. The Morgan fingerprint density at radius 2 is 1.93 bits per heavy atom. The second kappa shape index (κ2) is 11.2. The number of rotatable bonds is 6. The lowest BCUT2D eigenvalue weighted by atomic mass is 10.2. The van der Waals surface area contributed by atoms with E-state index in [1.807, 2.05) is 16.1 Å². The fraction of sp³-hybridized carbons (Fsp3) is 0.400. The predicted octanol–water partition coefficient (Wildman–Crippen LogP) is 1.86. The van der Waals surface area contributed by atoms with Crippen molar-refractivity contribution in [3.63, 3.8) is 0 Å². The van der Waals surface area contributed by atoms with Gasteiger partial charge in [-0.1, -0.05) is 0 Å². The molecule has 15 heteroatoms. The molecule has 2 aliphatic heterocycles. The zero-order valence-electron chi connectivity index (χ0n) is 21.1. The molecule has 3 aromatic rings. The number of piperazine rings is 1. The van der Waals surface area contributed by atoms with Gasteiger partial charge in [-0.05, 0) is 25.0 Å². The monoisotopic (exact) mass is 555 g/mol. The number of amides is 1. The first-order chi connectivity index (χ1) is 19.2. The lowest BCUT2D eigenvalue weighted by molar-refractivity contribution is -0.138. The van der Waals surface area contributed by atoms with Crippen molar-refractivity contribution in [2.45, 2.75) is 25.1 Å². The van der Waals surface area contributed by atoms with E-state index in [0.717, 1.165) is 12.0 Å². The number of alkyl halides is 3. The van der Waals surface area contributed by atoms with Crippen LogP contribution in [-0.4, -0.2) is 81.3 Å². The number of hydrogen-bond donors (Lipinski definition) is 1. The van der Waals surface area contributed by atoms with E-state index in [2.05, 4.69) is 20.1 Å². The van der Waals surface area contributed by atoms with E-state index < -0.39 is 23.3 Å². The summed E-state index contributed by atoms with van der Waals surface area (Å²) in [4.78, 5) is 42.7. The largest absolute Gasteiger partial charge is 0.475 e. The first-order valence-electron chi connectivity index (χ1n) is 12.5. The molecule has 40 heavy (non-hydrogen) atoms.